The third-order valence-electron chi connectivity index (χ3n) is 2.50. The zero-order valence-corrected chi connectivity index (χ0v) is 10.5. The van der Waals surface area contributed by atoms with Gasteiger partial charge >= 0.3 is 18.9 Å². The monoisotopic (exact) mass is 220 g/mol. The Balaban J connectivity index is 0.00000128. The molecule has 0 aromatic heterocycles. The summed E-state index contributed by atoms with van der Waals surface area (Å²) in [4.78, 5) is 0. The molecule has 2 heteroatoms. The van der Waals surface area contributed by atoms with Crippen LogP contribution in [0.4, 0.5) is 0 Å². The number of benzene rings is 2. The molecule has 0 amide bonds. The molecule has 0 saturated heterocycles. The summed E-state index contributed by atoms with van der Waals surface area (Å²) in [6.45, 7) is 2.66. The van der Waals surface area contributed by atoms with Gasteiger partial charge in [-0.1, -0.05) is 60.7 Å². The topological polar surface area (TPSA) is 0 Å². The summed E-state index contributed by atoms with van der Waals surface area (Å²) in [6, 6.07) is 20.7. The normalized spacial score (nSPS) is 10.6. The van der Waals surface area contributed by atoms with Crippen molar-refractivity contribution >= 4 is 23.8 Å². The minimum Gasteiger partial charge on any atom is -0.307 e. The van der Waals surface area contributed by atoms with Crippen LogP contribution in [0.3, 0.4) is 0 Å². The molecule has 0 nitrogen and oxygen atoms in total. The van der Waals surface area contributed by atoms with Gasteiger partial charge in [0.2, 0.25) is 0 Å². The first-order valence-electron chi connectivity index (χ1n) is 4.90. The quantitative estimate of drug-likeness (QED) is 0.376. The molecule has 0 spiro atoms. The molecule has 16 heavy (non-hydrogen) atoms. The molecule has 0 heterocycles. The summed E-state index contributed by atoms with van der Waals surface area (Å²) < 4.78 is 0. The Bertz CT molecular complexity index is 433. The van der Waals surface area contributed by atoms with Crippen LogP contribution in [-0.4, -0.2) is 6.30 Å². The van der Waals surface area contributed by atoms with Gasteiger partial charge in [-0.3, -0.25) is 0 Å². The van der Waals surface area contributed by atoms with E-state index in [0.29, 0.717) is 0 Å². The molecule has 0 saturated carbocycles. The molecule has 0 fully saturated rings. The molecule has 0 radical (unpaired) electrons. The molecule has 0 aliphatic carbocycles. The average molecular weight is 220 g/mol. The maximum Gasteiger partial charge on any atom is 1.00 e. The van der Waals surface area contributed by atoms with Crippen LogP contribution in [0.2, 0.25) is 0 Å². The van der Waals surface area contributed by atoms with E-state index in [1.165, 1.54) is 10.6 Å². The molecule has 2 aromatic rings. The maximum absolute atomic E-state index is 4.31. The van der Waals surface area contributed by atoms with E-state index in [-0.39, 0.29) is 18.9 Å². The van der Waals surface area contributed by atoms with Crippen LogP contribution >= 0.6 is 6.89 Å². The molecular weight excluding hydrogens is 206 g/mol. The molecule has 0 unspecified atom stereocenters. The SMILES string of the molecule is C=P([CH2-])(c1ccccc1)c1ccccc1.[Li+]. The van der Waals surface area contributed by atoms with E-state index in [2.05, 4.69) is 37.2 Å². The van der Waals surface area contributed by atoms with Gasteiger partial charge in [-0.2, -0.15) is 6.89 Å². The van der Waals surface area contributed by atoms with Crippen LogP contribution in [0.5, 0.6) is 0 Å². The largest absolute Gasteiger partial charge is 1.00 e. The average Bonchev–Trinajstić information content (AvgIpc) is 2.31. The number of rotatable bonds is 2. The van der Waals surface area contributed by atoms with Crippen molar-refractivity contribution < 1.29 is 18.9 Å². The summed E-state index contributed by atoms with van der Waals surface area (Å²) in [5.74, 6) is 0. The van der Waals surface area contributed by atoms with Gasteiger partial charge in [0.15, 0.2) is 0 Å². The van der Waals surface area contributed by atoms with Gasteiger partial charge in [0, 0.05) is 0 Å². The van der Waals surface area contributed by atoms with Crippen molar-refractivity contribution in [2.75, 3.05) is 0 Å². The van der Waals surface area contributed by atoms with E-state index in [1.54, 1.807) is 0 Å². The van der Waals surface area contributed by atoms with Crippen LogP contribution in [-0.2, 0) is 0 Å². The molecule has 2 rings (SSSR count). The van der Waals surface area contributed by atoms with E-state index in [0.717, 1.165) is 0 Å². The molecule has 0 aliphatic heterocycles. The third-order valence-corrected chi connectivity index (χ3v) is 5.07. The van der Waals surface area contributed by atoms with Crippen LogP contribution in [0.15, 0.2) is 60.7 Å². The molecular formula is C14H14LiP. The van der Waals surface area contributed by atoms with Crippen molar-refractivity contribution in [2.24, 2.45) is 0 Å². The molecule has 0 bridgehead atoms. The van der Waals surface area contributed by atoms with Crippen molar-refractivity contribution in [3.05, 3.63) is 67.3 Å². The number of hydrogen-bond acceptors (Lipinski definition) is 0. The zero-order chi connectivity index (χ0) is 10.7. The first-order valence-corrected chi connectivity index (χ1v) is 7.06. The first-order chi connectivity index (χ1) is 7.21. The Morgan fingerprint density at radius 1 is 0.750 bits per heavy atom. The standard InChI is InChI=1S/C14H14P.Li/c1-15(2,13-9-5-3-6-10-13)14-11-7-4-8-12-14;/h3-12H,1-2H2;/q-1;+1. The Morgan fingerprint density at radius 3 is 1.38 bits per heavy atom. The minimum absolute atomic E-state index is 0. The van der Waals surface area contributed by atoms with Gasteiger partial charge in [0.1, 0.15) is 0 Å². The van der Waals surface area contributed by atoms with Crippen molar-refractivity contribution in [1.29, 1.82) is 0 Å². The van der Waals surface area contributed by atoms with E-state index < -0.39 is 6.89 Å². The summed E-state index contributed by atoms with van der Waals surface area (Å²) in [5.41, 5.74) is 0. The van der Waals surface area contributed by atoms with Crippen LogP contribution in [0, 0.1) is 6.66 Å². The Hall–Kier alpha value is -0.663. The summed E-state index contributed by atoms with van der Waals surface area (Å²) in [6.07, 6.45) is 4.31. The van der Waals surface area contributed by atoms with E-state index in [1.807, 2.05) is 36.4 Å². The zero-order valence-electron chi connectivity index (χ0n) is 9.63. The fourth-order valence-corrected chi connectivity index (χ4v) is 3.36. The molecule has 0 N–H and O–H groups in total. The van der Waals surface area contributed by atoms with Gasteiger partial charge in [0.25, 0.3) is 0 Å². The van der Waals surface area contributed by atoms with Crippen LogP contribution in [0.25, 0.3) is 0 Å². The van der Waals surface area contributed by atoms with Crippen LogP contribution < -0.4 is 29.5 Å². The minimum atomic E-state index is -1.65. The number of hydrogen-bond donors (Lipinski definition) is 0. The van der Waals surface area contributed by atoms with E-state index in [4.69, 9.17) is 0 Å². The molecule has 0 aliphatic rings. The molecule has 76 valence electrons. The van der Waals surface area contributed by atoms with E-state index >= 15 is 0 Å². The second-order valence-corrected chi connectivity index (χ2v) is 6.61. The Kier molecular flexibility index (Phi) is 4.69. The van der Waals surface area contributed by atoms with Gasteiger partial charge in [-0.25, -0.2) is 0 Å². The smallest absolute Gasteiger partial charge is 0.307 e. The fraction of sp³-hybridized carbons (Fsp3) is 0. The van der Waals surface area contributed by atoms with Crippen molar-refractivity contribution in [3.63, 3.8) is 0 Å². The van der Waals surface area contributed by atoms with E-state index in [9.17, 15) is 0 Å². The van der Waals surface area contributed by atoms with Gasteiger partial charge in [0.05, 0.1) is 0 Å². The predicted molar refractivity (Wildman–Crippen MR) is 71.6 cm³/mol. The Labute approximate surface area is 110 Å². The predicted octanol–water partition coefficient (Wildman–Crippen LogP) is -0.117. The van der Waals surface area contributed by atoms with Crippen LogP contribution in [0.1, 0.15) is 0 Å². The molecule has 2 aromatic carbocycles. The second-order valence-electron chi connectivity index (χ2n) is 3.64. The van der Waals surface area contributed by atoms with Gasteiger partial charge < -0.3 is 6.66 Å². The Morgan fingerprint density at radius 2 is 1.06 bits per heavy atom. The maximum atomic E-state index is 4.31. The summed E-state index contributed by atoms with van der Waals surface area (Å²) >= 11 is 0. The first kappa shape index (κ1) is 13.4. The second kappa shape index (κ2) is 5.60. The van der Waals surface area contributed by atoms with Crippen molar-refractivity contribution in [3.8, 4) is 0 Å². The fourth-order valence-electron chi connectivity index (χ4n) is 1.58. The molecule has 0 atom stereocenters. The van der Waals surface area contributed by atoms with Crippen molar-refractivity contribution in [2.45, 2.75) is 0 Å². The summed E-state index contributed by atoms with van der Waals surface area (Å²) in [7, 11) is 0. The van der Waals surface area contributed by atoms with Gasteiger partial charge in [-0.05, 0) is 10.6 Å². The van der Waals surface area contributed by atoms with Gasteiger partial charge in [-0.15, -0.1) is 6.30 Å². The third kappa shape index (κ3) is 2.72. The summed E-state index contributed by atoms with van der Waals surface area (Å²) in [5, 5.41) is 2.49. The van der Waals surface area contributed by atoms with Crippen molar-refractivity contribution in [1.82, 2.24) is 0 Å².